The van der Waals surface area contributed by atoms with Crippen LogP contribution in [0.25, 0.3) is 10.9 Å². The predicted molar refractivity (Wildman–Crippen MR) is 85.0 cm³/mol. The summed E-state index contributed by atoms with van der Waals surface area (Å²) in [6, 6.07) is 6.68. The van der Waals surface area contributed by atoms with E-state index in [0.29, 0.717) is 0 Å². The molecule has 2 fully saturated rings. The zero-order valence-electron chi connectivity index (χ0n) is 12.6. The molecule has 3 aliphatic heterocycles. The van der Waals surface area contributed by atoms with Gasteiger partial charge in [0.2, 0.25) is 0 Å². The standard InChI is InChI=1S/C18H22N2O/c1-19-16-13(11-18(21)7-8-18)3-2-4-14(16)15-12-5-9-20(10-6-12)17(15)19/h2-4,12,21H,5-11H2,1H3. The molecule has 110 valence electrons. The summed E-state index contributed by atoms with van der Waals surface area (Å²) in [6.07, 6.45) is 5.34. The van der Waals surface area contributed by atoms with Crippen molar-refractivity contribution in [1.82, 2.24) is 4.57 Å². The first kappa shape index (κ1) is 12.1. The van der Waals surface area contributed by atoms with Crippen LogP contribution >= 0.6 is 0 Å². The van der Waals surface area contributed by atoms with Crippen LogP contribution in [0.4, 0.5) is 5.82 Å². The highest BCUT2D eigenvalue weighted by molar-refractivity contribution is 5.94. The first-order chi connectivity index (χ1) is 10.2. The van der Waals surface area contributed by atoms with Gasteiger partial charge in [0, 0.05) is 37.5 Å². The molecular weight excluding hydrogens is 260 g/mol. The van der Waals surface area contributed by atoms with Crippen LogP contribution in [-0.4, -0.2) is 28.4 Å². The molecule has 0 unspecified atom stereocenters. The molecule has 1 aromatic heterocycles. The number of piperidine rings is 1. The molecule has 6 rings (SSSR count). The van der Waals surface area contributed by atoms with Crippen molar-refractivity contribution in [3.8, 4) is 0 Å². The van der Waals surface area contributed by atoms with E-state index in [4.69, 9.17) is 0 Å². The van der Waals surface area contributed by atoms with Gasteiger partial charge in [0.15, 0.2) is 0 Å². The molecule has 2 aromatic rings. The lowest BCUT2D eigenvalue weighted by molar-refractivity contribution is 0.151. The van der Waals surface area contributed by atoms with Crippen LogP contribution in [0.3, 0.4) is 0 Å². The molecule has 4 aliphatic rings. The maximum Gasteiger partial charge on any atom is 0.112 e. The van der Waals surface area contributed by atoms with Crippen LogP contribution < -0.4 is 4.90 Å². The monoisotopic (exact) mass is 282 g/mol. The molecule has 0 radical (unpaired) electrons. The average Bonchev–Trinajstić information content (AvgIpc) is 3.14. The fourth-order valence-electron chi connectivity index (χ4n) is 4.59. The number of hydrogen-bond acceptors (Lipinski definition) is 2. The molecule has 2 bridgehead atoms. The van der Waals surface area contributed by atoms with Gasteiger partial charge in [0.05, 0.1) is 11.1 Å². The molecule has 0 spiro atoms. The van der Waals surface area contributed by atoms with E-state index < -0.39 is 5.60 Å². The van der Waals surface area contributed by atoms with Crippen LogP contribution in [0, 0.1) is 0 Å². The van der Waals surface area contributed by atoms with Crippen LogP contribution in [-0.2, 0) is 13.5 Å². The van der Waals surface area contributed by atoms with E-state index in [9.17, 15) is 5.11 Å². The maximum atomic E-state index is 10.3. The number of para-hydroxylation sites is 1. The molecule has 1 saturated heterocycles. The van der Waals surface area contributed by atoms with Crippen molar-refractivity contribution in [2.45, 2.75) is 43.6 Å². The summed E-state index contributed by atoms with van der Waals surface area (Å²) >= 11 is 0. The van der Waals surface area contributed by atoms with Gasteiger partial charge in [0.25, 0.3) is 0 Å². The Hall–Kier alpha value is -1.48. The second-order valence-corrected chi connectivity index (χ2v) is 7.27. The topological polar surface area (TPSA) is 28.4 Å². The second kappa shape index (κ2) is 3.83. The van der Waals surface area contributed by atoms with E-state index in [2.05, 4.69) is 34.7 Å². The Bertz CT molecular complexity index is 733. The number of hydrogen-bond donors (Lipinski definition) is 1. The number of aliphatic hydroxyl groups is 1. The lowest BCUT2D eigenvalue weighted by Gasteiger charge is -2.41. The van der Waals surface area contributed by atoms with Gasteiger partial charge in [0.1, 0.15) is 5.82 Å². The predicted octanol–water partition coefficient (Wildman–Crippen LogP) is 2.94. The molecule has 4 heterocycles. The SMILES string of the molecule is Cn1c2c(c3cccc(CC4(O)CC4)c31)C1CCN2CC1. The smallest absolute Gasteiger partial charge is 0.112 e. The number of nitrogens with zero attached hydrogens (tertiary/aromatic N) is 2. The number of benzene rings is 1. The van der Waals surface area contributed by atoms with Gasteiger partial charge in [-0.2, -0.15) is 0 Å². The van der Waals surface area contributed by atoms with Gasteiger partial charge < -0.3 is 14.6 Å². The fraction of sp³-hybridized carbons (Fsp3) is 0.556. The van der Waals surface area contributed by atoms with E-state index in [1.807, 2.05) is 0 Å². The summed E-state index contributed by atoms with van der Waals surface area (Å²) in [4.78, 5) is 2.56. The zero-order chi connectivity index (χ0) is 14.2. The molecule has 1 saturated carbocycles. The Balaban J connectivity index is 1.77. The van der Waals surface area contributed by atoms with Crippen molar-refractivity contribution >= 4 is 16.7 Å². The third kappa shape index (κ3) is 1.58. The molecular formula is C18H22N2O. The number of rotatable bonds is 2. The summed E-state index contributed by atoms with van der Waals surface area (Å²) in [6.45, 7) is 2.42. The minimum Gasteiger partial charge on any atom is -0.390 e. The van der Waals surface area contributed by atoms with Gasteiger partial charge in [-0.25, -0.2) is 0 Å². The fourth-order valence-corrected chi connectivity index (χ4v) is 4.59. The molecule has 0 atom stereocenters. The minimum atomic E-state index is -0.418. The molecule has 3 heteroatoms. The highest BCUT2D eigenvalue weighted by Crippen LogP contribution is 2.48. The van der Waals surface area contributed by atoms with Crippen LogP contribution in [0.1, 0.15) is 42.7 Å². The third-order valence-corrected chi connectivity index (χ3v) is 5.85. The number of aromatic nitrogens is 1. The Morgan fingerprint density at radius 1 is 1.24 bits per heavy atom. The van der Waals surface area contributed by atoms with Crippen molar-refractivity contribution in [2.24, 2.45) is 7.05 Å². The Kier molecular flexibility index (Phi) is 2.21. The van der Waals surface area contributed by atoms with Crippen molar-refractivity contribution in [1.29, 1.82) is 0 Å². The highest BCUT2D eigenvalue weighted by atomic mass is 16.3. The summed E-state index contributed by atoms with van der Waals surface area (Å²) in [5.74, 6) is 2.19. The first-order valence-corrected chi connectivity index (χ1v) is 8.24. The van der Waals surface area contributed by atoms with Crippen LogP contribution in [0.15, 0.2) is 18.2 Å². The highest BCUT2D eigenvalue weighted by Gasteiger charge is 2.41. The van der Waals surface area contributed by atoms with Crippen LogP contribution in [0.5, 0.6) is 0 Å². The molecule has 0 amide bonds. The molecule has 21 heavy (non-hydrogen) atoms. The quantitative estimate of drug-likeness (QED) is 0.917. The minimum absolute atomic E-state index is 0.418. The summed E-state index contributed by atoms with van der Waals surface area (Å²) < 4.78 is 2.40. The van der Waals surface area contributed by atoms with Crippen molar-refractivity contribution in [3.63, 3.8) is 0 Å². The molecule has 1 aliphatic carbocycles. The van der Waals surface area contributed by atoms with Gasteiger partial charge in [-0.1, -0.05) is 18.2 Å². The van der Waals surface area contributed by atoms with Crippen LogP contribution in [0.2, 0.25) is 0 Å². The Morgan fingerprint density at radius 2 is 2.00 bits per heavy atom. The maximum absolute atomic E-state index is 10.3. The van der Waals surface area contributed by atoms with Gasteiger partial charge in [-0.05, 0) is 37.2 Å². The van der Waals surface area contributed by atoms with E-state index in [1.54, 1.807) is 5.56 Å². The van der Waals surface area contributed by atoms with E-state index >= 15 is 0 Å². The van der Waals surface area contributed by atoms with Crippen molar-refractivity contribution < 1.29 is 5.11 Å². The number of aryl methyl sites for hydroxylation is 1. The second-order valence-electron chi connectivity index (χ2n) is 7.27. The third-order valence-electron chi connectivity index (χ3n) is 5.85. The number of fused-ring (bicyclic) bond motifs is 3. The zero-order valence-corrected chi connectivity index (χ0v) is 12.6. The van der Waals surface area contributed by atoms with Crippen molar-refractivity contribution in [2.75, 3.05) is 18.0 Å². The first-order valence-electron chi connectivity index (χ1n) is 8.24. The van der Waals surface area contributed by atoms with E-state index in [-0.39, 0.29) is 0 Å². The summed E-state index contributed by atoms with van der Waals surface area (Å²) in [5, 5.41) is 11.8. The van der Waals surface area contributed by atoms with Gasteiger partial charge in [-0.3, -0.25) is 0 Å². The van der Waals surface area contributed by atoms with E-state index in [1.165, 1.54) is 48.2 Å². The molecule has 1 aromatic carbocycles. The van der Waals surface area contributed by atoms with Crippen molar-refractivity contribution in [3.05, 3.63) is 29.3 Å². The summed E-state index contributed by atoms with van der Waals surface area (Å²) in [7, 11) is 2.21. The lowest BCUT2D eigenvalue weighted by Crippen LogP contribution is -2.39. The van der Waals surface area contributed by atoms with Gasteiger partial charge in [-0.15, -0.1) is 0 Å². The lowest BCUT2D eigenvalue weighted by atomic mass is 9.84. The largest absolute Gasteiger partial charge is 0.390 e. The average molecular weight is 282 g/mol. The molecule has 3 nitrogen and oxygen atoms in total. The van der Waals surface area contributed by atoms with E-state index in [0.717, 1.165) is 25.2 Å². The Labute approximate surface area is 125 Å². The van der Waals surface area contributed by atoms with Gasteiger partial charge >= 0.3 is 0 Å². The Morgan fingerprint density at radius 3 is 2.71 bits per heavy atom. The summed E-state index contributed by atoms with van der Waals surface area (Å²) in [5.41, 5.74) is 3.85. The number of anilines is 1. The normalized spacial score (nSPS) is 22.9. The molecule has 1 N–H and O–H groups in total.